The molecular formula is C24H18N2O3S. The molecule has 0 atom stereocenters. The van der Waals surface area contributed by atoms with Crippen molar-refractivity contribution in [3.05, 3.63) is 113 Å². The lowest BCUT2D eigenvalue weighted by Crippen LogP contribution is -2.38. The Bertz CT molecular complexity index is 1030. The van der Waals surface area contributed by atoms with Gasteiger partial charge in [-0.05, 0) is 16.7 Å². The van der Waals surface area contributed by atoms with Crippen molar-refractivity contribution in [2.45, 2.75) is 5.54 Å². The fraction of sp³-hybridized carbons (Fsp3) is 0.0417. The number of esters is 1. The number of anilines is 1. The van der Waals surface area contributed by atoms with Gasteiger partial charge < -0.3 is 10.1 Å². The second-order valence-electron chi connectivity index (χ2n) is 6.50. The predicted molar refractivity (Wildman–Crippen MR) is 117 cm³/mol. The number of hydrogen-bond acceptors (Lipinski definition) is 6. The Morgan fingerprint density at radius 2 is 1.30 bits per heavy atom. The van der Waals surface area contributed by atoms with Gasteiger partial charge in [0.15, 0.2) is 5.13 Å². The molecule has 0 saturated heterocycles. The Balaban J connectivity index is 1.87. The molecule has 3 aromatic carbocycles. The van der Waals surface area contributed by atoms with Crippen molar-refractivity contribution in [3.63, 3.8) is 0 Å². The van der Waals surface area contributed by atoms with E-state index in [0.29, 0.717) is 5.13 Å². The molecule has 1 aromatic heterocycles. The molecule has 30 heavy (non-hydrogen) atoms. The average molecular weight is 414 g/mol. The maximum absolute atomic E-state index is 11.3. The van der Waals surface area contributed by atoms with E-state index in [2.05, 4.69) is 46.7 Å². The first-order valence-corrected chi connectivity index (χ1v) is 10.2. The predicted octanol–water partition coefficient (Wildman–Crippen LogP) is 4.65. The van der Waals surface area contributed by atoms with E-state index in [1.165, 1.54) is 11.3 Å². The first kappa shape index (κ1) is 19.5. The smallest absolute Gasteiger partial charge is 0.378 e. The van der Waals surface area contributed by atoms with E-state index in [4.69, 9.17) is 4.74 Å². The standard InChI is InChI=1S/C24H18N2O3S/c27-16-22(28)29-21-17-30-23(25-21)26-24(18-10-4-1-5-11-18,19-12-6-2-7-13-19)20-14-8-3-9-15-20/h1-17H,(H,25,26). The molecule has 0 spiro atoms. The fourth-order valence-corrected chi connectivity index (χ4v) is 4.10. The molecule has 4 rings (SSSR count). The van der Waals surface area contributed by atoms with Crippen LogP contribution in [0, 0.1) is 0 Å². The van der Waals surface area contributed by atoms with Crippen LogP contribution in [-0.2, 0) is 15.1 Å². The second kappa shape index (κ2) is 8.71. The van der Waals surface area contributed by atoms with Crippen molar-refractivity contribution in [3.8, 4) is 5.88 Å². The number of ether oxygens (including phenoxy) is 1. The van der Waals surface area contributed by atoms with Crippen LogP contribution >= 0.6 is 11.3 Å². The highest BCUT2D eigenvalue weighted by Crippen LogP contribution is 2.40. The Morgan fingerprint density at radius 1 is 0.833 bits per heavy atom. The minimum absolute atomic E-state index is 0.0858. The zero-order chi connectivity index (χ0) is 20.8. The van der Waals surface area contributed by atoms with Crippen LogP contribution in [-0.4, -0.2) is 17.2 Å². The zero-order valence-corrected chi connectivity index (χ0v) is 16.7. The summed E-state index contributed by atoms with van der Waals surface area (Å²) in [5, 5.41) is 5.73. The first-order chi connectivity index (χ1) is 14.7. The minimum atomic E-state index is -0.979. The van der Waals surface area contributed by atoms with Crippen LogP contribution < -0.4 is 10.1 Å². The van der Waals surface area contributed by atoms with Crippen molar-refractivity contribution in [1.29, 1.82) is 0 Å². The molecule has 0 saturated carbocycles. The maximum atomic E-state index is 11.3. The number of aromatic nitrogens is 1. The molecule has 1 N–H and O–H groups in total. The van der Waals surface area contributed by atoms with Crippen LogP contribution in [0.5, 0.6) is 5.88 Å². The highest BCUT2D eigenvalue weighted by atomic mass is 32.1. The van der Waals surface area contributed by atoms with E-state index in [9.17, 15) is 9.59 Å². The Morgan fingerprint density at radius 3 is 1.73 bits per heavy atom. The molecule has 0 radical (unpaired) electrons. The van der Waals surface area contributed by atoms with Gasteiger partial charge in [0.2, 0.25) is 12.2 Å². The Hall–Kier alpha value is -3.77. The summed E-state index contributed by atoms with van der Waals surface area (Å²) in [5.74, 6) is -0.894. The largest absolute Gasteiger partial charge is 0.401 e. The van der Waals surface area contributed by atoms with Crippen LogP contribution in [0.25, 0.3) is 0 Å². The molecule has 0 unspecified atom stereocenters. The summed E-state index contributed by atoms with van der Waals surface area (Å²) in [6.45, 7) is 0. The first-order valence-electron chi connectivity index (χ1n) is 9.29. The highest BCUT2D eigenvalue weighted by molar-refractivity contribution is 7.13. The fourth-order valence-electron chi connectivity index (χ4n) is 3.43. The lowest BCUT2D eigenvalue weighted by Gasteiger charge is -2.36. The lowest BCUT2D eigenvalue weighted by atomic mass is 9.77. The Labute approximate surface area is 178 Å². The molecule has 4 aromatic rings. The topological polar surface area (TPSA) is 68.3 Å². The molecule has 6 heteroatoms. The van der Waals surface area contributed by atoms with Gasteiger partial charge in [-0.15, -0.1) is 11.3 Å². The van der Waals surface area contributed by atoms with Gasteiger partial charge >= 0.3 is 5.97 Å². The molecule has 0 bridgehead atoms. The maximum Gasteiger partial charge on any atom is 0.378 e. The summed E-state index contributed by atoms with van der Waals surface area (Å²) in [6.07, 6.45) is 0.120. The molecule has 5 nitrogen and oxygen atoms in total. The van der Waals surface area contributed by atoms with Crippen molar-refractivity contribution in [1.82, 2.24) is 4.98 Å². The normalized spacial score (nSPS) is 10.9. The van der Waals surface area contributed by atoms with Crippen LogP contribution in [0.4, 0.5) is 5.13 Å². The van der Waals surface area contributed by atoms with Crippen LogP contribution in [0.1, 0.15) is 16.7 Å². The summed E-state index contributed by atoms with van der Waals surface area (Å²) >= 11 is 1.30. The van der Waals surface area contributed by atoms with Gasteiger partial charge in [0.25, 0.3) is 0 Å². The van der Waals surface area contributed by atoms with Crippen molar-refractivity contribution in [2.75, 3.05) is 5.32 Å². The van der Waals surface area contributed by atoms with E-state index in [0.717, 1.165) is 16.7 Å². The summed E-state index contributed by atoms with van der Waals surface area (Å²) in [6, 6.07) is 30.3. The summed E-state index contributed by atoms with van der Waals surface area (Å²) in [4.78, 5) is 26.2. The van der Waals surface area contributed by atoms with Gasteiger partial charge in [0, 0.05) is 0 Å². The molecule has 0 fully saturated rings. The van der Waals surface area contributed by atoms with E-state index in [-0.39, 0.29) is 12.2 Å². The monoisotopic (exact) mass is 414 g/mol. The summed E-state index contributed by atoms with van der Waals surface area (Å²) in [5.41, 5.74) is 2.37. The second-order valence-corrected chi connectivity index (χ2v) is 7.36. The van der Waals surface area contributed by atoms with Gasteiger partial charge in [-0.1, -0.05) is 91.0 Å². The van der Waals surface area contributed by atoms with Gasteiger partial charge in [-0.2, -0.15) is 4.98 Å². The SMILES string of the molecule is O=CC(=O)Oc1csc(NC(c2ccccc2)(c2ccccc2)c2ccccc2)n1. The van der Waals surface area contributed by atoms with E-state index in [1.54, 1.807) is 5.38 Å². The third kappa shape index (κ3) is 3.86. The molecule has 1 heterocycles. The zero-order valence-electron chi connectivity index (χ0n) is 15.9. The van der Waals surface area contributed by atoms with Crippen LogP contribution in [0.15, 0.2) is 96.4 Å². The van der Waals surface area contributed by atoms with E-state index in [1.807, 2.05) is 54.6 Å². The number of benzene rings is 3. The number of carbonyl (C=O) groups is 2. The van der Waals surface area contributed by atoms with Gasteiger partial charge in [0.1, 0.15) is 5.54 Å². The quantitative estimate of drug-likeness (QED) is 0.206. The third-order valence-corrected chi connectivity index (χ3v) is 5.44. The summed E-state index contributed by atoms with van der Waals surface area (Å²) < 4.78 is 4.93. The number of hydrogen-bond donors (Lipinski definition) is 1. The molecule has 0 aliphatic heterocycles. The van der Waals surface area contributed by atoms with E-state index < -0.39 is 11.5 Å². The number of thiazole rings is 1. The number of nitrogens with zero attached hydrogens (tertiary/aromatic N) is 1. The minimum Gasteiger partial charge on any atom is -0.401 e. The van der Waals surface area contributed by atoms with Gasteiger partial charge in [0.05, 0.1) is 5.38 Å². The van der Waals surface area contributed by atoms with Gasteiger partial charge in [-0.3, -0.25) is 4.79 Å². The van der Waals surface area contributed by atoms with Crippen LogP contribution in [0.3, 0.4) is 0 Å². The third-order valence-electron chi connectivity index (χ3n) is 4.70. The highest BCUT2D eigenvalue weighted by Gasteiger charge is 2.37. The van der Waals surface area contributed by atoms with Crippen molar-refractivity contribution in [2.24, 2.45) is 0 Å². The van der Waals surface area contributed by atoms with Crippen LogP contribution in [0.2, 0.25) is 0 Å². The number of aldehydes is 1. The lowest BCUT2D eigenvalue weighted by molar-refractivity contribution is -0.141. The van der Waals surface area contributed by atoms with Gasteiger partial charge in [-0.25, -0.2) is 4.79 Å². The van der Waals surface area contributed by atoms with Crippen molar-refractivity contribution < 1.29 is 14.3 Å². The molecular weight excluding hydrogens is 396 g/mol. The Kier molecular flexibility index (Phi) is 5.68. The number of carbonyl (C=O) groups excluding carboxylic acids is 2. The number of nitrogens with one attached hydrogen (secondary N) is 1. The molecule has 0 amide bonds. The van der Waals surface area contributed by atoms with Crippen molar-refractivity contribution >= 4 is 28.7 Å². The summed E-state index contributed by atoms with van der Waals surface area (Å²) in [7, 11) is 0. The molecule has 148 valence electrons. The van der Waals surface area contributed by atoms with E-state index >= 15 is 0 Å². The average Bonchev–Trinajstić information content (AvgIpc) is 3.25. The number of rotatable bonds is 7. The molecule has 0 aliphatic rings. The molecule has 0 aliphatic carbocycles.